The van der Waals surface area contributed by atoms with Crippen molar-refractivity contribution in [2.75, 3.05) is 0 Å². The molecule has 5 rings (SSSR count). The van der Waals surface area contributed by atoms with Crippen LogP contribution < -0.4 is 16.0 Å². The molecule has 1 saturated heterocycles. The zero-order chi connectivity index (χ0) is 30.3. The first-order chi connectivity index (χ1) is 20.0. The van der Waals surface area contributed by atoms with Gasteiger partial charge in [0.2, 0.25) is 0 Å². The predicted octanol–water partition coefficient (Wildman–Crippen LogP) is 4.50. The zero-order valence-corrected chi connectivity index (χ0v) is 25.5. The van der Waals surface area contributed by atoms with E-state index in [0.29, 0.717) is 24.7 Å². The summed E-state index contributed by atoms with van der Waals surface area (Å²) in [5.74, 6) is -0.886. The van der Waals surface area contributed by atoms with Crippen molar-refractivity contribution >= 4 is 35.5 Å². The number of hydrogen-bond acceptors (Lipinski definition) is 5. The lowest BCUT2D eigenvalue weighted by Crippen LogP contribution is -2.29. The van der Waals surface area contributed by atoms with Crippen molar-refractivity contribution < 1.29 is 19.8 Å². The Kier molecular flexibility index (Phi) is 8.37. The van der Waals surface area contributed by atoms with Crippen LogP contribution in [-0.4, -0.2) is 50.6 Å². The van der Waals surface area contributed by atoms with Gasteiger partial charge in [0.15, 0.2) is 0 Å². The van der Waals surface area contributed by atoms with Crippen LogP contribution in [0, 0.1) is 18.8 Å². The van der Waals surface area contributed by atoms with E-state index in [9.17, 15) is 19.8 Å². The maximum absolute atomic E-state index is 11.6. The summed E-state index contributed by atoms with van der Waals surface area (Å²) in [5.41, 5.74) is 9.79. The highest BCUT2D eigenvalue weighted by molar-refractivity contribution is 6.24. The van der Waals surface area contributed by atoms with Crippen LogP contribution in [0.15, 0.2) is 55.8 Å². The summed E-state index contributed by atoms with van der Waals surface area (Å²) in [7, 11) is 0. The Morgan fingerprint density at radius 3 is 2.02 bits per heavy atom. The third-order valence-corrected chi connectivity index (χ3v) is 9.55. The Morgan fingerprint density at radius 2 is 1.40 bits per heavy atom. The Bertz CT molecular complexity index is 1650. The van der Waals surface area contributed by atoms with Gasteiger partial charge in [-0.1, -0.05) is 27.2 Å². The molecule has 4 unspecified atom stereocenters. The number of H-pyrrole nitrogens is 1. The van der Waals surface area contributed by atoms with Crippen molar-refractivity contribution in [2.24, 2.45) is 21.8 Å². The first-order valence-corrected chi connectivity index (χ1v) is 15.1. The summed E-state index contributed by atoms with van der Waals surface area (Å²) in [6.07, 6.45) is 11.2. The van der Waals surface area contributed by atoms with Crippen LogP contribution in [0.1, 0.15) is 77.8 Å². The van der Waals surface area contributed by atoms with Gasteiger partial charge in [0.1, 0.15) is 0 Å². The molecule has 8 nitrogen and oxygen atoms in total. The Hall–Kier alpha value is -3.78. The molecule has 0 aromatic carbocycles. The second-order valence-corrected chi connectivity index (χ2v) is 11.9. The quantitative estimate of drug-likeness (QED) is 0.366. The number of rotatable bonds is 8. The predicted molar refractivity (Wildman–Crippen MR) is 167 cm³/mol. The fourth-order valence-corrected chi connectivity index (χ4v) is 7.02. The average molecular weight is 571 g/mol. The minimum Gasteiger partial charge on any atom is -0.481 e. The lowest BCUT2D eigenvalue weighted by Gasteiger charge is -2.18. The number of aromatic amines is 1. The van der Waals surface area contributed by atoms with E-state index in [1.54, 1.807) is 0 Å². The van der Waals surface area contributed by atoms with Gasteiger partial charge in [-0.15, -0.1) is 0 Å². The first-order valence-electron chi connectivity index (χ1n) is 15.1. The molecule has 4 N–H and O–H groups in total. The number of aliphatic imine (C=N–C) groups is 2. The van der Waals surface area contributed by atoms with E-state index >= 15 is 0 Å². The number of aliphatic carboxylic acids is 2. The normalized spacial score (nSPS) is 25.1. The van der Waals surface area contributed by atoms with Crippen molar-refractivity contribution in [2.45, 2.75) is 92.2 Å². The van der Waals surface area contributed by atoms with Crippen LogP contribution in [0.5, 0.6) is 0 Å². The standard InChI is InChI=1S/C34H42N4O4/c1-7-21-17(3)25-13-26-19(5)23(9-11-33(39)40)31(37-26)16-32-24(10-12-34(41)42)20(6)28(38-32)15-30-22(8-2)18(4)27(36-30)14-29(21)35-25/h13-17,21,25,29,35,38H,7-12H2,1-6H3,(H,39,40)(H,41,42). The summed E-state index contributed by atoms with van der Waals surface area (Å²) in [6.45, 7) is 12.9. The number of nitrogens with one attached hydrogen (secondary N) is 2. The van der Waals surface area contributed by atoms with Crippen molar-refractivity contribution in [1.82, 2.24) is 10.3 Å². The molecule has 0 saturated carbocycles. The van der Waals surface area contributed by atoms with E-state index in [0.717, 1.165) is 68.6 Å². The maximum Gasteiger partial charge on any atom is 0.303 e. The minimum absolute atomic E-state index is 0.00954. The van der Waals surface area contributed by atoms with Crippen LogP contribution in [0.3, 0.4) is 0 Å². The molecule has 8 bridgehead atoms. The van der Waals surface area contributed by atoms with Gasteiger partial charge in [-0.05, 0) is 110 Å². The van der Waals surface area contributed by atoms with E-state index in [-0.39, 0.29) is 24.9 Å². The molecule has 4 aliphatic rings. The molecule has 4 aliphatic heterocycles. The molecule has 1 aromatic heterocycles. The highest BCUT2D eigenvalue weighted by Crippen LogP contribution is 2.37. The molecule has 8 heteroatoms. The van der Waals surface area contributed by atoms with Crippen LogP contribution in [0.4, 0.5) is 0 Å². The lowest BCUT2D eigenvalue weighted by molar-refractivity contribution is -0.137. The van der Waals surface area contributed by atoms with Gasteiger partial charge >= 0.3 is 11.9 Å². The molecule has 42 heavy (non-hydrogen) atoms. The van der Waals surface area contributed by atoms with Gasteiger partial charge in [0.05, 0.1) is 22.8 Å². The third kappa shape index (κ3) is 5.52. The molecule has 1 aromatic rings. The molecule has 222 valence electrons. The van der Waals surface area contributed by atoms with E-state index in [1.165, 1.54) is 11.1 Å². The number of carbonyl (C=O) groups is 2. The number of nitrogens with zero attached hydrogens (tertiary/aromatic N) is 2. The van der Waals surface area contributed by atoms with Gasteiger partial charge in [0.25, 0.3) is 0 Å². The smallest absolute Gasteiger partial charge is 0.303 e. The third-order valence-electron chi connectivity index (χ3n) is 9.55. The highest BCUT2D eigenvalue weighted by atomic mass is 16.4. The van der Waals surface area contributed by atoms with E-state index < -0.39 is 11.9 Å². The minimum atomic E-state index is -0.851. The molecule has 5 heterocycles. The largest absolute Gasteiger partial charge is 0.481 e. The van der Waals surface area contributed by atoms with Crippen LogP contribution in [-0.2, 0) is 16.0 Å². The van der Waals surface area contributed by atoms with Crippen molar-refractivity contribution in [3.63, 3.8) is 0 Å². The number of carboxylic acids is 2. The van der Waals surface area contributed by atoms with E-state index in [4.69, 9.17) is 9.98 Å². The monoisotopic (exact) mass is 570 g/mol. The Balaban J connectivity index is 1.78. The summed E-state index contributed by atoms with van der Waals surface area (Å²) < 4.78 is 0. The molecule has 0 amide bonds. The summed E-state index contributed by atoms with van der Waals surface area (Å²) in [6, 6.07) is 0.273. The molecule has 1 fully saturated rings. The highest BCUT2D eigenvalue weighted by Gasteiger charge is 2.38. The van der Waals surface area contributed by atoms with Gasteiger partial charge in [-0.2, -0.15) is 0 Å². The number of aromatic nitrogens is 1. The van der Waals surface area contributed by atoms with Gasteiger partial charge in [-0.3, -0.25) is 9.59 Å². The van der Waals surface area contributed by atoms with Crippen LogP contribution in [0.25, 0.3) is 12.2 Å². The average Bonchev–Trinajstić information content (AvgIpc) is 3.59. The van der Waals surface area contributed by atoms with Crippen molar-refractivity contribution in [3.8, 4) is 0 Å². The second-order valence-electron chi connectivity index (χ2n) is 11.9. The molecular formula is C34H42N4O4. The van der Waals surface area contributed by atoms with Crippen LogP contribution >= 0.6 is 0 Å². The Labute approximate surface area is 247 Å². The summed E-state index contributed by atoms with van der Waals surface area (Å²) >= 11 is 0. The molecule has 0 aliphatic carbocycles. The van der Waals surface area contributed by atoms with Gasteiger partial charge in [0, 0.05) is 35.6 Å². The van der Waals surface area contributed by atoms with Gasteiger partial charge < -0.3 is 20.5 Å². The van der Waals surface area contributed by atoms with E-state index in [2.05, 4.69) is 56.2 Å². The lowest BCUT2D eigenvalue weighted by atomic mass is 9.85. The maximum atomic E-state index is 11.6. The molecular weight excluding hydrogens is 528 g/mol. The zero-order valence-electron chi connectivity index (χ0n) is 25.5. The summed E-state index contributed by atoms with van der Waals surface area (Å²) in [5, 5.41) is 24.5. The topological polar surface area (TPSA) is 127 Å². The fraction of sp³-hybridized carbons (Fsp3) is 0.471. The molecule has 4 atom stereocenters. The SMILES string of the molecule is CCC1=C(C)C2=CC3NC(C=C4N=C(C=c5[nH]c(c(C)c5CCC(=O)O)=CC1=N2)C(CCC(=O)O)=C4C)C(C)C3CC. The van der Waals surface area contributed by atoms with Crippen molar-refractivity contribution in [3.05, 3.63) is 67.7 Å². The summed E-state index contributed by atoms with van der Waals surface area (Å²) in [4.78, 5) is 36.8. The second kappa shape index (κ2) is 11.8. The first kappa shape index (κ1) is 29.7. The number of allylic oxidation sites excluding steroid dienone is 4. The van der Waals surface area contributed by atoms with Crippen molar-refractivity contribution in [1.29, 1.82) is 0 Å². The number of carboxylic acid groups (broad SMARTS) is 2. The Morgan fingerprint density at radius 1 is 0.833 bits per heavy atom. The molecule has 0 spiro atoms. The van der Waals surface area contributed by atoms with E-state index in [1.807, 2.05) is 19.9 Å². The number of hydrogen-bond donors (Lipinski definition) is 4. The number of fused-ring (bicyclic) bond motifs is 6. The van der Waals surface area contributed by atoms with Crippen LogP contribution in [0.2, 0.25) is 0 Å². The fourth-order valence-electron chi connectivity index (χ4n) is 7.02. The van der Waals surface area contributed by atoms with Gasteiger partial charge in [-0.25, -0.2) is 9.98 Å². The molecule has 0 radical (unpaired) electrons.